The van der Waals surface area contributed by atoms with Crippen LogP contribution >= 0.6 is 0 Å². The van der Waals surface area contributed by atoms with Gasteiger partial charge in [0, 0.05) is 19.2 Å². The van der Waals surface area contributed by atoms with Crippen molar-refractivity contribution >= 4 is 0 Å². The van der Waals surface area contributed by atoms with Gasteiger partial charge in [-0.2, -0.15) is 0 Å². The third-order valence-corrected chi connectivity index (χ3v) is 3.10. The first-order valence-corrected chi connectivity index (χ1v) is 7.30. The Labute approximate surface area is 120 Å². The van der Waals surface area contributed by atoms with Crippen molar-refractivity contribution in [3.63, 3.8) is 0 Å². The highest BCUT2D eigenvalue weighted by Gasteiger charge is 2.27. The van der Waals surface area contributed by atoms with Crippen LogP contribution in [0.25, 0.3) is 0 Å². The lowest BCUT2D eigenvalue weighted by atomic mass is 10.1. The first-order chi connectivity index (χ1) is 9.69. The summed E-state index contributed by atoms with van der Waals surface area (Å²) >= 11 is 0. The molecule has 112 valence electrons. The van der Waals surface area contributed by atoms with E-state index in [1.54, 1.807) is 6.20 Å². The molecule has 1 saturated heterocycles. The molecule has 0 amide bonds. The lowest BCUT2D eigenvalue weighted by molar-refractivity contribution is -0.0359. The van der Waals surface area contributed by atoms with Crippen molar-refractivity contribution in [2.45, 2.75) is 45.5 Å². The van der Waals surface area contributed by atoms with Gasteiger partial charge in [-0.05, 0) is 39.8 Å². The van der Waals surface area contributed by atoms with Gasteiger partial charge in [-0.25, -0.2) is 4.98 Å². The second kappa shape index (κ2) is 7.45. The summed E-state index contributed by atoms with van der Waals surface area (Å²) in [6.07, 6.45) is 2.92. The molecule has 2 atom stereocenters. The Morgan fingerprint density at radius 3 is 2.85 bits per heavy atom. The van der Waals surface area contributed by atoms with Crippen molar-refractivity contribution in [2.24, 2.45) is 0 Å². The molecular formula is C15H24N2O3. The molecule has 0 saturated carbocycles. The van der Waals surface area contributed by atoms with Crippen molar-refractivity contribution in [1.82, 2.24) is 10.3 Å². The van der Waals surface area contributed by atoms with Crippen molar-refractivity contribution in [3.05, 3.63) is 18.3 Å². The van der Waals surface area contributed by atoms with E-state index in [2.05, 4.69) is 10.3 Å². The minimum absolute atomic E-state index is 0.0561. The van der Waals surface area contributed by atoms with Gasteiger partial charge in [0.1, 0.15) is 18.0 Å². The van der Waals surface area contributed by atoms with E-state index in [0.29, 0.717) is 12.5 Å². The number of piperidine rings is 1. The van der Waals surface area contributed by atoms with E-state index >= 15 is 0 Å². The summed E-state index contributed by atoms with van der Waals surface area (Å²) in [5.41, 5.74) is 0. The molecule has 1 aliphatic heterocycles. The van der Waals surface area contributed by atoms with E-state index in [1.165, 1.54) is 0 Å². The quantitative estimate of drug-likeness (QED) is 0.864. The molecule has 2 heterocycles. The second-order valence-electron chi connectivity index (χ2n) is 5.14. The van der Waals surface area contributed by atoms with Gasteiger partial charge in [-0.1, -0.05) is 0 Å². The molecule has 20 heavy (non-hydrogen) atoms. The van der Waals surface area contributed by atoms with E-state index < -0.39 is 0 Å². The maximum atomic E-state index is 5.95. The predicted octanol–water partition coefficient (Wildman–Crippen LogP) is 2.01. The van der Waals surface area contributed by atoms with Crippen LogP contribution in [0.4, 0.5) is 0 Å². The highest BCUT2D eigenvalue weighted by atomic mass is 16.5. The number of pyridine rings is 1. The van der Waals surface area contributed by atoms with Gasteiger partial charge in [0.05, 0.1) is 12.3 Å². The molecule has 1 aliphatic rings. The summed E-state index contributed by atoms with van der Waals surface area (Å²) in [5.74, 6) is 1.39. The van der Waals surface area contributed by atoms with Crippen LogP contribution in [0, 0.1) is 0 Å². The van der Waals surface area contributed by atoms with E-state index in [1.807, 2.05) is 32.9 Å². The van der Waals surface area contributed by atoms with Gasteiger partial charge in [-0.15, -0.1) is 0 Å². The number of ether oxygens (including phenoxy) is 3. The first kappa shape index (κ1) is 15.1. The van der Waals surface area contributed by atoms with Gasteiger partial charge in [-0.3, -0.25) is 0 Å². The van der Waals surface area contributed by atoms with Crippen LogP contribution in [0.2, 0.25) is 0 Å². The van der Waals surface area contributed by atoms with Gasteiger partial charge >= 0.3 is 0 Å². The van der Waals surface area contributed by atoms with Gasteiger partial charge in [0.15, 0.2) is 0 Å². The number of rotatable bonds is 6. The van der Waals surface area contributed by atoms with Crippen molar-refractivity contribution in [1.29, 1.82) is 0 Å². The SMILES string of the molecule is CCO[C@H]1CNCC[C@H]1Oc1ccc(OC(C)C)cn1. The number of hydrogen-bond donors (Lipinski definition) is 1. The standard InChI is InChI=1S/C15H24N2O3/c1-4-18-14-10-16-8-7-13(14)20-15-6-5-12(9-17-15)19-11(2)3/h5-6,9,11,13-14,16H,4,7-8,10H2,1-3H3/t13-,14+/m1/s1. The summed E-state index contributed by atoms with van der Waals surface area (Å²) in [7, 11) is 0. The molecule has 5 nitrogen and oxygen atoms in total. The zero-order valence-corrected chi connectivity index (χ0v) is 12.5. The van der Waals surface area contributed by atoms with Gasteiger partial charge in [0.2, 0.25) is 5.88 Å². The Kier molecular flexibility index (Phi) is 5.61. The third-order valence-electron chi connectivity index (χ3n) is 3.10. The Hall–Kier alpha value is -1.33. The molecule has 0 unspecified atom stereocenters. The second-order valence-corrected chi connectivity index (χ2v) is 5.14. The number of nitrogens with zero attached hydrogens (tertiary/aromatic N) is 1. The highest BCUT2D eigenvalue weighted by Crippen LogP contribution is 2.19. The average molecular weight is 280 g/mol. The topological polar surface area (TPSA) is 52.6 Å². The summed E-state index contributed by atoms with van der Waals surface area (Å²) in [6.45, 7) is 8.46. The molecule has 1 N–H and O–H groups in total. The predicted molar refractivity (Wildman–Crippen MR) is 77.3 cm³/mol. The molecule has 0 aromatic carbocycles. The van der Waals surface area contributed by atoms with Crippen LogP contribution in [-0.4, -0.2) is 43.0 Å². The fourth-order valence-electron chi connectivity index (χ4n) is 2.25. The maximum absolute atomic E-state index is 5.95. The van der Waals surface area contributed by atoms with Crippen LogP contribution in [0.5, 0.6) is 11.6 Å². The lowest BCUT2D eigenvalue weighted by Crippen LogP contribution is -2.48. The van der Waals surface area contributed by atoms with Crippen LogP contribution in [0.3, 0.4) is 0 Å². The summed E-state index contributed by atoms with van der Waals surface area (Å²) < 4.78 is 17.2. The summed E-state index contributed by atoms with van der Waals surface area (Å²) in [6, 6.07) is 3.74. The van der Waals surface area contributed by atoms with E-state index in [9.17, 15) is 0 Å². The van der Waals surface area contributed by atoms with E-state index in [4.69, 9.17) is 14.2 Å². The Morgan fingerprint density at radius 2 is 2.20 bits per heavy atom. The lowest BCUT2D eigenvalue weighted by Gasteiger charge is -2.31. The Bertz CT molecular complexity index is 393. The maximum Gasteiger partial charge on any atom is 0.213 e. The molecule has 0 aliphatic carbocycles. The molecule has 1 aromatic heterocycles. The zero-order valence-electron chi connectivity index (χ0n) is 12.5. The minimum atomic E-state index is 0.0561. The molecule has 5 heteroatoms. The third kappa shape index (κ3) is 4.35. The number of hydrogen-bond acceptors (Lipinski definition) is 5. The Morgan fingerprint density at radius 1 is 1.35 bits per heavy atom. The van der Waals surface area contributed by atoms with Crippen molar-refractivity contribution in [2.75, 3.05) is 19.7 Å². The zero-order chi connectivity index (χ0) is 14.4. The van der Waals surface area contributed by atoms with Crippen LogP contribution < -0.4 is 14.8 Å². The minimum Gasteiger partial charge on any atom is -0.489 e. The fourth-order valence-corrected chi connectivity index (χ4v) is 2.25. The molecular weight excluding hydrogens is 256 g/mol. The average Bonchev–Trinajstić information content (AvgIpc) is 2.43. The smallest absolute Gasteiger partial charge is 0.213 e. The number of nitrogens with one attached hydrogen (secondary N) is 1. The molecule has 1 aromatic rings. The largest absolute Gasteiger partial charge is 0.489 e. The van der Waals surface area contributed by atoms with Gasteiger partial charge < -0.3 is 19.5 Å². The molecule has 2 rings (SSSR count). The fraction of sp³-hybridized carbons (Fsp3) is 0.667. The highest BCUT2D eigenvalue weighted by molar-refractivity contribution is 5.23. The van der Waals surface area contributed by atoms with Crippen LogP contribution in [0.1, 0.15) is 27.2 Å². The molecule has 1 fully saturated rings. The monoisotopic (exact) mass is 280 g/mol. The molecule has 0 radical (unpaired) electrons. The summed E-state index contributed by atoms with van der Waals surface area (Å²) in [4.78, 5) is 4.30. The normalized spacial score (nSPS) is 22.8. The Balaban J connectivity index is 1.94. The van der Waals surface area contributed by atoms with Crippen LogP contribution in [0.15, 0.2) is 18.3 Å². The first-order valence-electron chi connectivity index (χ1n) is 7.30. The number of aromatic nitrogens is 1. The summed E-state index contributed by atoms with van der Waals surface area (Å²) in [5, 5.41) is 3.32. The van der Waals surface area contributed by atoms with E-state index in [-0.39, 0.29) is 18.3 Å². The van der Waals surface area contributed by atoms with E-state index in [0.717, 1.165) is 25.3 Å². The van der Waals surface area contributed by atoms with Gasteiger partial charge in [0.25, 0.3) is 0 Å². The van der Waals surface area contributed by atoms with Crippen LogP contribution in [-0.2, 0) is 4.74 Å². The van der Waals surface area contributed by atoms with Crippen molar-refractivity contribution < 1.29 is 14.2 Å². The molecule has 0 spiro atoms. The molecule has 0 bridgehead atoms. The van der Waals surface area contributed by atoms with Crippen molar-refractivity contribution in [3.8, 4) is 11.6 Å².